The van der Waals surface area contributed by atoms with Crippen molar-refractivity contribution in [3.05, 3.63) is 22.8 Å². The summed E-state index contributed by atoms with van der Waals surface area (Å²) in [5.41, 5.74) is 0. The fourth-order valence-corrected chi connectivity index (χ4v) is 3.72. The van der Waals surface area contributed by atoms with Crippen LogP contribution in [0.2, 0.25) is 0 Å². The van der Waals surface area contributed by atoms with E-state index in [1.165, 1.54) is 12.1 Å². The third kappa shape index (κ3) is 3.14. The molecular weight excluding hydrogens is 533 g/mol. The van der Waals surface area contributed by atoms with Crippen molar-refractivity contribution in [1.82, 2.24) is 0 Å². The van der Waals surface area contributed by atoms with Gasteiger partial charge in [-0.1, -0.05) is 0 Å². The van der Waals surface area contributed by atoms with Crippen LogP contribution in [0.4, 0.5) is 0 Å². The first-order valence-corrected chi connectivity index (χ1v) is 7.62. The summed E-state index contributed by atoms with van der Waals surface area (Å²) in [4.78, 5) is -0.0540. The molecule has 0 aliphatic carbocycles. The molecule has 0 radical (unpaired) electrons. The predicted octanol–water partition coefficient (Wildman–Crippen LogP) is 2.75. The smallest absolute Gasteiger partial charge is 0.282 e. The maximum absolute atomic E-state index is 10.8. The summed E-state index contributed by atoms with van der Waals surface area (Å²) >= 11 is 6.18. The Bertz CT molecular complexity index is 417. The summed E-state index contributed by atoms with van der Waals surface area (Å²) in [6, 6.07) is 2.89. The van der Waals surface area contributed by atoms with Crippen LogP contribution in [-0.2, 0) is 10.1 Å². The van der Waals surface area contributed by atoms with Crippen molar-refractivity contribution in [2.75, 3.05) is 0 Å². The maximum Gasteiger partial charge on any atom is 0.294 e. The molecule has 0 aromatic heterocycles. The largest absolute Gasteiger partial charge is 0.294 e. The van der Waals surface area contributed by atoms with E-state index >= 15 is 0 Å². The Hall–Kier alpha value is 1.32. The van der Waals surface area contributed by atoms with Crippen LogP contribution in [0, 0.1) is 10.7 Å². The van der Waals surface area contributed by atoms with Crippen molar-refractivity contribution in [1.29, 1.82) is 0 Å². The first kappa shape index (κ1) is 12.4. The molecule has 1 aromatic rings. The zero-order valence-corrected chi connectivity index (χ0v) is 13.2. The van der Waals surface area contributed by atoms with Crippen LogP contribution in [0.15, 0.2) is 17.0 Å². The molecule has 0 bridgehead atoms. The molecule has 0 unspecified atom stereocenters. The fourth-order valence-electron chi connectivity index (χ4n) is 0.681. The Balaban J connectivity index is 3.47. The molecule has 3 nitrogen and oxygen atoms in total. The van der Waals surface area contributed by atoms with Crippen molar-refractivity contribution < 1.29 is 13.0 Å². The second-order valence-corrected chi connectivity index (χ2v) is 7.00. The second kappa shape index (κ2) is 4.45. The number of benzene rings is 1. The molecule has 0 aliphatic heterocycles. The molecule has 1 N–H and O–H groups in total. The SMILES string of the molecule is O=S(=O)(O)c1cc(I)c(I)c(I)c1. The van der Waals surface area contributed by atoms with Gasteiger partial charge in [-0.05, 0) is 79.9 Å². The first-order valence-electron chi connectivity index (χ1n) is 2.94. The molecule has 0 amide bonds. The van der Waals surface area contributed by atoms with E-state index in [-0.39, 0.29) is 4.90 Å². The highest BCUT2D eigenvalue weighted by molar-refractivity contribution is 14.1. The lowest BCUT2D eigenvalue weighted by Crippen LogP contribution is -2.00. The minimum Gasteiger partial charge on any atom is -0.282 e. The first-order chi connectivity index (χ1) is 5.82. The lowest BCUT2D eigenvalue weighted by atomic mass is 10.4. The molecule has 1 aromatic carbocycles. The Kier molecular flexibility index (Phi) is 4.24. The Morgan fingerprint density at radius 1 is 1.08 bits per heavy atom. The van der Waals surface area contributed by atoms with E-state index in [1.54, 1.807) is 0 Å². The summed E-state index contributed by atoms with van der Waals surface area (Å²) in [5.74, 6) is 0. The van der Waals surface area contributed by atoms with Gasteiger partial charge in [0.15, 0.2) is 0 Å². The Morgan fingerprint density at radius 2 is 1.46 bits per heavy atom. The van der Waals surface area contributed by atoms with E-state index in [1.807, 2.05) is 45.2 Å². The molecule has 72 valence electrons. The van der Waals surface area contributed by atoms with Gasteiger partial charge in [-0.15, -0.1) is 0 Å². The average molecular weight is 536 g/mol. The van der Waals surface area contributed by atoms with Crippen LogP contribution in [0.25, 0.3) is 0 Å². The standard InChI is InChI=1S/C6H3I3O3S/c7-4-1-3(13(10,11)12)2-5(8)6(4)9/h1-2H,(H,10,11,12). The zero-order valence-electron chi connectivity index (χ0n) is 5.96. The van der Waals surface area contributed by atoms with Crippen LogP contribution in [0.5, 0.6) is 0 Å². The lowest BCUT2D eigenvalue weighted by Gasteiger charge is -2.02. The topological polar surface area (TPSA) is 54.4 Å². The Morgan fingerprint density at radius 3 is 1.77 bits per heavy atom. The number of rotatable bonds is 1. The molecule has 0 spiro atoms. The van der Waals surface area contributed by atoms with E-state index in [9.17, 15) is 8.42 Å². The van der Waals surface area contributed by atoms with E-state index in [0.717, 1.165) is 10.7 Å². The van der Waals surface area contributed by atoms with Crippen molar-refractivity contribution in [3.8, 4) is 0 Å². The summed E-state index contributed by atoms with van der Waals surface area (Å²) in [6.07, 6.45) is 0. The molecular formula is C6H3I3O3S. The van der Waals surface area contributed by atoms with Gasteiger partial charge >= 0.3 is 0 Å². The minimum atomic E-state index is -4.08. The third-order valence-electron chi connectivity index (χ3n) is 1.26. The van der Waals surface area contributed by atoms with Crippen LogP contribution in [-0.4, -0.2) is 13.0 Å². The summed E-state index contributed by atoms with van der Waals surface area (Å²) in [5, 5.41) is 0. The monoisotopic (exact) mass is 536 g/mol. The highest BCUT2D eigenvalue weighted by Gasteiger charge is 2.13. The maximum atomic E-state index is 10.8. The van der Waals surface area contributed by atoms with E-state index in [0.29, 0.717) is 0 Å². The third-order valence-corrected chi connectivity index (χ3v) is 7.01. The number of halogens is 3. The summed E-state index contributed by atoms with van der Waals surface area (Å²) in [7, 11) is -4.08. The van der Waals surface area contributed by atoms with Gasteiger partial charge in [-0.2, -0.15) is 8.42 Å². The van der Waals surface area contributed by atoms with Gasteiger partial charge in [0.05, 0.1) is 4.90 Å². The van der Waals surface area contributed by atoms with Gasteiger partial charge in [0, 0.05) is 10.7 Å². The van der Waals surface area contributed by atoms with Crippen molar-refractivity contribution >= 4 is 77.9 Å². The quantitative estimate of drug-likeness (QED) is 0.342. The highest BCUT2D eigenvalue weighted by atomic mass is 127. The molecule has 1 rings (SSSR count). The molecule has 0 aliphatic rings. The van der Waals surface area contributed by atoms with Gasteiger partial charge in [-0.3, -0.25) is 4.55 Å². The van der Waals surface area contributed by atoms with Gasteiger partial charge in [0.1, 0.15) is 0 Å². The van der Waals surface area contributed by atoms with Crippen LogP contribution in [0.1, 0.15) is 0 Å². The van der Waals surface area contributed by atoms with Gasteiger partial charge in [-0.25, -0.2) is 0 Å². The van der Waals surface area contributed by atoms with Crippen molar-refractivity contribution in [2.24, 2.45) is 0 Å². The number of hydrogen-bond acceptors (Lipinski definition) is 2. The molecule has 0 heterocycles. The van der Waals surface area contributed by atoms with Crippen LogP contribution in [0.3, 0.4) is 0 Å². The second-order valence-electron chi connectivity index (χ2n) is 2.18. The molecule has 0 saturated heterocycles. The normalized spacial score (nSPS) is 11.7. The van der Waals surface area contributed by atoms with Gasteiger partial charge in [0.2, 0.25) is 0 Å². The average Bonchev–Trinajstić information content (AvgIpc) is 1.97. The fraction of sp³-hybridized carbons (Fsp3) is 0. The lowest BCUT2D eigenvalue weighted by molar-refractivity contribution is 0.483. The molecule has 0 saturated carbocycles. The zero-order chi connectivity index (χ0) is 10.2. The molecule has 0 atom stereocenters. The van der Waals surface area contributed by atoms with Crippen LogP contribution < -0.4 is 0 Å². The predicted molar refractivity (Wildman–Crippen MR) is 74.4 cm³/mol. The molecule has 7 heteroatoms. The molecule has 13 heavy (non-hydrogen) atoms. The molecule has 0 fully saturated rings. The van der Waals surface area contributed by atoms with Gasteiger partial charge < -0.3 is 0 Å². The Labute approximate surface area is 117 Å². The van der Waals surface area contributed by atoms with E-state index in [2.05, 4.69) is 22.6 Å². The minimum absolute atomic E-state index is 0.0540. The van der Waals surface area contributed by atoms with Gasteiger partial charge in [0.25, 0.3) is 10.1 Å². The van der Waals surface area contributed by atoms with Crippen molar-refractivity contribution in [2.45, 2.75) is 4.90 Å². The van der Waals surface area contributed by atoms with Crippen LogP contribution >= 0.6 is 67.8 Å². The highest BCUT2D eigenvalue weighted by Crippen LogP contribution is 2.24. The van der Waals surface area contributed by atoms with Crippen molar-refractivity contribution in [3.63, 3.8) is 0 Å². The number of hydrogen-bond donors (Lipinski definition) is 1. The summed E-state index contributed by atoms with van der Waals surface area (Å²) < 4.78 is 33.0. The van der Waals surface area contributed by atoms with E-state index in [4.69, 9.17) is 4.55 Å². The van der Waals surface area contributed by atoms with E-state index < -0.39 is 10.1 Å². The summed E-state index contributed by atoms with van der Waals surface area (Å²) in [6.45, 7) is 0.